The Balaban J connectivity index is 1.48. The summed E-state index contributed by atoms with van der Waals surface area (Å²) in [7, 11) is -3.71. The van der Waals surface area contributed by atoms with E-state index in [9.17, 15) is 22.8 Å². The van der Waals surface area contributed by atoms with E-state index in [1.807, 2.05) is 12.2 Å². The molecule has 3 aliphatic rings. The summed E-state index contributed by atoms with van der Waals surface area (Å²) in [6, 6.07) is 4.97. The molecule has 0 aromatic heterocycles. The molecule has 2 aliphatic heterocycles. The smallest absolute Gasteiger partial charge is 0.247 e. The lowest BCUT2D eigenvalue weighted by atomic mass is 9.85. The Morgan fingerprint density at radius 3 is 2.32 bits per heavy atom. The third-order valence-corrected chi connectivity index (χ3v) is 7.91. The van der Waals surface area contributed by atoms with Crippen molar-refractivity contribution in [1.29, 1.82) is 0 Å². The van der Waals surface area contributed by atoms with Crippen LogP contribution in [0.1, 0.15) is 19.8 Å². The first-order valence-electron chi connectivity index (χ1n) is 10.3. The van der Waals surface area contributed by atoms with Gasteiger partial charge in [0.2, 0.25) is 27.7 Å². The highest BCUT2D eigenvalue weighted by Crippen LogP contribution is 2.36. The average Bonchev–Trinajstić information content (AvgIpc) is 3.04. The van der Waals surface area contributed by atoms with Crippen molar-refractivity contribution in [2.45, 2.75) is 30.7 Å². The second-order valence-electron chi connectivity index (χ2n) is 7.91. The molecule has 2 heterocycles. The summed E-state index contributed by atoms with van der Waals surface area (Å²) in [5, 5.41) is 2.65. The van der Waals surface area contributed by atoms with Gasteiger partial charge >= 0.3 is 0 Å². The van der Waals surface area contributed by atoms with E-state index >= 15 is 0 Å². The van der Waals surface area contributed by atoms with E-state index in [1.54, 1.807) is 12.1 Å². The number of nitrogens with zero attached hydrogens (tertiary/aromatic N) is 2. The fourth-order valence-electron chi connectivity index (χ4n) is 4.24. The van der Waals surface area contributed by atoms with Gasteiger partial charge in [0.25, 0.3) is 0 Å². The van der Waals surface area contributed by atoms with Gasteiger partial charge < -0.3 is 10.1 Å². The largest absolute Gasteiger partial charge is 0.379 e. The molecule has 1 N–H and O–H groups in total. The number of sulfonamides is 1. The van der Waals surface area contributed by atoms with E-state index in [4.69, 9.17) is 4.74 Å². The Bertz CT molecular complexity index is 1010. The van der Waals surface area contributed by atoms with Crippen LogP contribution in [-0.2, 0) is 29.1 Å². The maximum absolute atomic E-state index is 12.9. The number of ether oxygens (including phenoxy) is 1. The molecule has 3 atom stereocenters. The van der Waals surface area contributed by atoms with Crippen molar-refractivity contribution in [2.75, 3.05) is 31.6 Å². The van der Waals surface area contributed by atoms with E-state index in [-0.39, 0.29) is 35.5 Å². The second kappa shape index (κ2) is 8.52. The van der Waals surface area contributed by atoms with Crippen molar-refractivity contribution >= 4 is 33.4 Å². The molecule has 1 aromatic rings. The third kappa shape index (κ3) is 4.02. The van der Waals surface area contributed by atoms with Crippen LogP contribution in [0.25, 0.3) is 0 Å². The molecule has 0 bridgehead atoms. The number of morpholine rings is 1. The number of anilines is 1. The van der Waals surface area contributed by atoms with Gasteiger partial charge in [0.05, 0.1) is 29.9 Å². The quantitative estimate of drug-likeness (QED) is 0.532. The Labute approximate surface area is 181 Å². The first-order valence-corrected chi connectivity index (χ1v) is 11.8. The molecule has 2 fully saturated rings. The van der Waals surface area contributed by atoms with Gasteiger partial charge in [-0.2, -0.15) is 4.31 Å². The molecule has 0 unspecified atom stereocenters. The second-order valence-corrected chi connectivity index (χ2v) is 9.85. The number of carbonyl (C=O) groups excluding carboxylic acids is 3. The van der Waals surface area contributed by atoms with Crippen molar-refractivity contribution in [1.82, 2.24) is 9.21 Å². The number of hydrogen-bond donors (Lipinski definition) is 1. The molecule has 4 rings (SSSR count). The topological polar surface area (TPSA) is 113 Å². The van der Waals surface area contributed by atoms with Crippen LogP contribution < -0.4 is 5.32 Å². The Morgan fingerprint density at radius 1 is 1.10 bits per heavy atom. The van der Waals surface area contributed by atoms with Crippen LogP contribution in [0.3, 0.4) is 0 Å². The van der Waals surface area contributed by atoms with Crippen molar-refractivity contribution in [3.05, 3.63) is 36.4 Å². The number of allylic oxidation sites excluding steroid dienone is 2. The molecular weight excluding hydrogens is 422 g/mol. The van der Waals surface area contributed by atoms with Crippen LogP contribution in [0.15, 0.2) is 41.3 Å². The van der Waals surface area contributed by atoms with E-state index in [1.165, 1.54) is 23.4 Å². The summed E-state index contributed by atoms with van der Waals surface area (Å²) < 4.78 is 32.3. The summed E-state index contributed by atoms with van der Waals surface area (Å²) >= 11 is 0. The van der Waals surface area contributed by atoms with Crippen molar-refractivity contribution in [3.63, 3.8) is 0 Å². The summed E-state index contributed by atoms with van der Waals surface area (Å²) in [5.41, 5.74) is 0.282. The molecule has 1 aliphatic carbocycles. The van der Waals surface area contributed by atoms with Gasteiger partial charge in [0.1, 0.15) is 6.04 Å². The summed E-state index contributed by atoms with van der Waals surface area (Å²) in [6.07, 6.45) is 4.78. The zero-order valence-corrected chi connectivity index (χ0v) is 18.0. The van der Waals surface area contributed by atoms with Crippen LogP contribution in [-0.4, -0.2) is 67.7 Å². The third-order valence-electron chi connectivity index (χ3n) is 6.02. The fourth-order valence-corrected chi connectivity index (χ4v) is 5.70. The van der Waals surface area contributed by atoms with E-state index in [2.05, 4.69) is 5.32 Å². The van der Waals surface area contributed by atoms with Gasteiger partial charge in [-0.05, 0) is 38.0 Å². The highest BCUT2D eigenvalue weighted by molar-refractivity contribution is 7.89. The number of likely N-dealkylation sites (tertiary alicyclic amines) is 1. The number of imide groups is 1. The van der Waals surface area contributed by atoms with Crippen LogP contribution >= 0.6 is 0 Å². The molecule has 9 nitrogen and oxygen atoms in total. The van der Waals surface area contributed by atoms with Gasteiger partial charge in [-0.25, -0.2) is 8.42 Å². The first kappa shape index (κ1) is 21.7. The minimum atomic E-state index is -3.71. The molecule has 31 heavy (non-hydrogen) atoms. The highest BCUT2D eigenvalue weighted by Gasteiger charge is 2.50. The van der Waals surface area contributed by atoms with E-state index in [0.717, 1.165) is 4.90 Å². The molecule has 0 saturated carbocycles. The van der Waals surface area contributed by atoms with Gasteiger partial charge in [-0.1, -0.05) is 18.2 Å². The van der Waals surface area contributed by atoms with Gasteiger partial charge in [-0.3, -0.25) is 19.3 Å². The van der Waals surface area contributed by atoms with Crippen molar-refractivity contribution < 1.29 is 27.5 Å². The van der Waals surface area contributed by atoms with Crippen molar-refractivity contribution in [3.8, 4) is 0 Å². The highest BCUT2D eigenvalue weighted by atomic mass is 32.2. The normalized spacial score (nSPS) is 25.4. The lowest BCUT2D eigenvalue weighted by Crippen LogP contribution is -2.46. The number of benzene rings is 1. The minimum absolute atomic E-state index is 0.0604. The Morgan fingerprint density at radius 2 is 1.71 bits per heavy atom. The number of hydrogen-bond acceptors (Lipinski definition) is 6. The Hall–Kier alpha value is -2.56. The molecule has 166 valence electrons. The summed E-state index contributed by atoms with van der Waals surface area (Å²) in [6.45, 7) is 2.72. The standard InChI is InChI=1S/C21H25N3O6S/c1-14(24-20(26)17-7-2-3-8-18(17)21(24)27)19(25)22-15-5-4-6-16(13-15)31(28,29)23-9-11-30-12-10-23/h2-6,13-14,17-18H,7-12H2,1H3,(H,22,25)/t14-,17-,18+/m0/s1. The fraction of sp³-hybridized carbons (Fsp3) is 0.476. The number of carbonyl (C=O) groups is 3. The molecule has 0 spiro atoms. The van der Waals surface area contributed by atoms with Crippen LogP contribution in [0, 0.1) is 11.8 Å². The number of amides is 3. The van der Waals surface area contributed by atoms with Gasteiger partial charge in [0, 0.05) is 18.8 Å². The molecule has 1 aromatic carbocycles. The van der Waals surface area contributed by atoms with Crippen LogP contribution in [0.5, 0.6) is 0 Å². The monoisotopic (exact) mass is 447 g/mol. The number of fused-ring (bicyclic) bond motifs is 1. The zero-order chi connectivity index (χ0) is 22.2. The lowest BCUT2D eigenvalue weighted by molar-refractivity contribution is -0.146. The van der Waals surface area contributed by atoms with Gasteiger partial charge in [0.15, 0.2) is 0 Å². The summed E-state index contributed by atoms with van der Waals surface area (Å²) in [4.78, 5) is 39.3. The van der Waals surface area contributed by atoms with Crippen molar-refractivity contribution in [2.24, 2.45) is 11.8 Å². The maximum atomic E-state index is 12.9. The van der Waals surface area contributed by atoms with Crippen LogP contribution in [0.4, 0.5) is 5.69 Å². The zero-order valence-electron chi connectivity index (χ0n) is 17.2. The minimum Gasteiger partial charge on any atom is -0.379 e. The number of rotatable bonds is 5. The van der Waals surface area contributed by atoms with E-state index in [0.29, 0.717) is 26.1 Å². The van der Waals surface area contributed by atoms with Gasteiger partial charge in [-0.15, -0.1) is 0 Å². The predicted molar refractivity (Wildman–Crippen MR) is 111 cm³/mol. The lowest BCUT2D eigenvalue weighted by Gasteiger charge is -2.26. The first-order chi connectivity index (χ1) is 14.8. The molecule has 2 saturated heterocycles. The average molecular weight is 448 g/mol. The van der Waals surface area contributed by atoms with E-state index < -0.39 is 33.8 Å². The Kier molecular flexibility index (Phi) is 5.96. The molecule has 0 radical (unpaired) electrons. The maximum Gasteiger partial charge on any atom is 0.247 e. The predicted octanol–water partition coefficient (Wildman–Crippen LogP) is 0.986. The summed E-state index contributed by atoms with van der Waals surface area (Å²) in [5.74, 6) is -2.02. The molecule has 3 amide bonds. The number of nitrogens with one attached hydrogen (secondary N) is 1. The molecular formula is C21H25N3O6S. The SMILES string of the molecule is C[C@@H](C(=O)Nc1cccc(S(=O)(=O)N2CCOCC2)c1)N1C(=O)[C@H]2CC=CC[C@H]2C1=O. The van der Waals surface area contributed by atoms with Crippen LogP contribution in [0.2, 0.25) is 0 Å². The molecule has 10 heteroatoms.